The Labute approximate surface area is 158 Å². The van der Waals surface area contributed by atoms with Gasteiger partial charge in [0.2, 0.25) is 0 Å². The number of nitrogens with zero attached hydrogens (tertiary/aromatic N) is 4. The number of carbonyl (C=O) groups is 1. The van der Waals surface area contributed by atoms with Crippen LogP contribution in [0.25, 0.3) is 4.96 Å². The van der Waals surface area contributed by atoms with Gasteiger partial charge in [-0.1, -0.05) is 11.6 Å². The summed E-state index contributed by atoms with van der Waals surface area (Å²) in [5.41, 5.74) is 1.79. The number of aryl methyl sites for hydroxylation is 1. The van der Waals surface area contributed by atoms with Crippen molar-refractivity contribution < 1.29 is 4.79 Å². The van der Waals surface area contributed by atoms with E-state index < -0.39 is 0 Å². The summed E-state index contributed by atoms with van der Waals surface area (Å²) in [4.78, 5) is 30.8. The normalized spacial score (nSPS) is 14.1. The summed E-state index contributed by atoms with van der Waals surface area (Å²) in [5, 5.41) is 7.52. The third-order valence-electron chi connectivity index (χ3n) is 4.38. The molecule has 3 heterocycles. The standard InChI is InChI=1S/C17H18ClN5O2S/c1-3-19-16(25)15-9(2)26-17-20-11(6-14(24)23(15)17)8-22-12(10-4-5-10)7-13(18)21-22/h6-7,10H,3-5,8H2,1-2H3,(H,19,25). The van der Waals surface area contributed by atoms with Crippen molar-refractivity contribution >= 4 is 33.8 Å². The summed E-state index contributed by atoms with van der Waals surface area (Å²) in [6.45, 7) is 4.55. The Balaban J connectivity index is 1.74. The Kier molecular flexibility index (Phi) is 4.32. The quantitative estimate of drug-likeness (QED) is 0.724. The molecular weight excluding hydrogens is 374 g/mol. The molecule has 1 amide bonds. The fourth-order valence-corrected chi connectivity index (χ4v) is 4.29. The Morgan fingerprint density at radius 1 is 1.42 bits per heavy atom. The molecular formula is C17H18ClN5O2S. The molecule has 136 valence electrons. The molecule has 9 heteroatoms. The summed E-state index contributed by atoms with van der Waals surface area (Å²) in [7, 11) is 0. The molecule has 1 N–H and O–H groups in total. The minimum Gasteiger partial charge on any atom is -0.351 e. The average molecular weight is 392 g/mol. The molecule has 0 saturated heterocycles. The summed E-state index contributed by atoms with van der Waals surface area (Å²) in [6.07, 6.45) is 2.27. The van der Waals surface area contributed by atoms with Crippen LogP contribution in [0.3, 0.4) is 0 Å². The zero-order chi connectivity index (χ0) is 18.4. The van der Waals surface area contributed by atoms with Crippen LogP contribution < -0.4 is 10.9 Å². The molecule has 0 bridgehead atoms. The van der Waals surface area contributed by atoms with Crippen molar-refractivity contribution in [3.8, 4) is 0 Å². The molecule has 0 radical (unpaired) electrons. The molecule has 0 unspecified atom stereocenters. The van der Waals surface area contributed by atoms with Crippen LogP contribution in [0, 0.1) is 6.92 Å². The number of hydrogen-bond donors (Lipinski definition) is 1. The molecule has 1 saturated carbocycles. The van der Waals surface area contributed by atoms with E-state index in [4.69, 9.17) is 11.6 Å². The van der Waals surface area contributed by atoms with E-state index in [1.165, 1.54) is 21.8 Å². The fourth-order valence-electron chi connectivity index (χ4n) is 3.10. The minimum atomic E-state index is -0.262. The van der Waals surface area contributed by atoms with Gasteiger partial charge in [-0.2, -0.15) is 5.10 Å². The first-order chi connectivity index (χ1) is 12.5. The number of rotatable bonds is 5. The van der Waals surface area contributed by atoms with Gasteiger partial charge in [0, 0.05) is 29.1 Å². The third-order valence-corrected chi connectivity index (χ3v) is 5.52. The number of nitrogens with one attached hydrogen (secondary N) is 1. The highest BCUT2D eigenvalue weighted by Gasteiger charge is 2.28. The highest BCUT2D eigenvalue weighted by Crippen LogP contribution is 2.40. The van der Waals surface area contributed by atoms with Crippen molar-refractivity contribution in [3.63, 3.8) is 0 Å². The van der Waals surface area contributed by atoms with Crippen molar-refractivity contribution in [2.45, 2.75) is 39.2 Å². The number of fused-ring (bicyclic) bond motifs is 1. The van der Waals surface area contributed by atoms with Crippen LogP contribution in [0.15, 0.2) is 16.9 Å². The van der Waals surface area contributed by atoms with Crippen LogP contribution in [0.1, 0.15) is 52.4 Å². The Bertz CT molecular complexity index is 1060. The van der Waals surface area contributed by atoms with Crippen LogP contribution in [-0.4, -0.2) is 31.6 Å². The van der Waals surface area contributed by atoms with Gasteiger partial charge in [0.05, 0.1) is 12.2 Å². The lowest BCUT2D eigenvalue weighted by atomic mass is 10.3. The van der Waals surface area contributed by atoms with E-state index in [1.54, 1.807) is 0 Å². The van der Waals surface area contributed by atoms with E-state index >= 15 is 0 Å². The van der Waals surface area contributed by atoms with Crippen LogP contribution in [0.2, 0.25) is 5.15 Å². The second-order valence-electron chi connectivity index (χ2n) is 6.39. The number of amides is 1. The molecule has 0 atom stereocenters. The smallest absolute Gasteiger partial charge is 0.269 e. The van der Waals surface area contributed by atoms with Gasteiger partial charge in [-0.3, -0.25) is 14.3 Å². The number of aromatic nitrogens is 4. The highest BCUT2D eigenvalue weighted by atomic mass is 35.5. The first-order valence-electron chi connectivity index (χ1n) is 8.51. The summed E-state index contributed by atoms with van der Waals surface area (Å²) < 4.78 is 3.20. The number of halogens is 1. The summed E-state index contributed by atoms with van der Waals surface area (Å²) in [6, 6.07) is 3.35. The van der Waals surface area contributed by atoms with E-state index in [1.807, 2.05) is 24.6 Å². The minimum absolute atomic E-state index is 0.261. The molecule has 1 aliphatic carbocycles. The van der Waals surface area contributed by atoms with Gasteiger partial charge in [0.15, 0.2) is 10.1 Å². The van der Waals surface area contributed by atoms with E-state index in [9.17, 15) is 9.59 Å². The molecule has 3 aromatic rings. The van der Waals surface area contributed by atoms with Crippen LogP contribution in [0.4, 0.5) is 0 Å². The van der Waals surface area contributed by atoms with Gasteiger partial charge in [0.25, 0.3) is 11.5 Å². The zero-order valence-corrected chi connectivity index (χ0v) is 16.0. The average Bonchev–Trinajstić information content (AvgIpc) is 3.26. The van der Waals surface area contributed by atoms with E-state index in [0.29, 0.717) is 40.5 Å². The van der Waals surface area contributed by atoms with Crippen LogP contribution in [0.5, 0.6) is 0 Å². The summed E-state index contributed by atoms with van der Waals surface area (Å²) in [5.74, 6) is 0.232. The topological polar surface area (TPSA) is 81.3 Å². The first kappa shape index (κ1) is 17.2. The Morgan fingerprint density at radius 3 is 2.88 bits per heavy atom. The van der Waals surface area contributed by atoms with E-state index in [0.717, 1.165) is 23.4 Å². The van der Waals surface area contributed by atoms with Gasteiger partial charge in [-0.25, -0.2) is 9.38 Å². The fraction of sp³-hybridized carbons (Fsp3) is 0.412. The molecule has 0 aromatic carbocycles. The predicted octanol–water partition coefficient (Wildman–Crippen LogP) is 2.59. The van der Waals surface area contributed by atoms with Crippen molar-refractivity contribution in [2.75, 3.05) is 6.54 Å². The maximum absolute atomic E-state index is 12.7. The molecule has 1 aliphatic rings. The van der Waals surface area contributed by atoms with Gasteiger partial charge < -0.3 is 5.32 Å². The monoisotopic (exact) mass is 391 g/mol. The maximum Gasteiger partial charge on any atom is 0.269 e. The van der Waals surface area contributed by atoms with Gasteiger partial charge in [0.1, 0.15) is 5.69 Å². The Morgan fingerprint density at radius 2 is 2.19 bits per heavy atom. The SMILES string of the molecule is CCNC(=O)c1c(C)sc2nc(Cn3nc(Cl)cc3C3CC3)cc(=O)n12. The number of carbonyl (C=O) groups excluding carboxylic acids is 1. The van der Waals surface area contributed by atoms with Crippen molar-refractivity contribution in [3.05, 3.63) is 49.6 Å². The largest absolute Gasteiger partial charge is 0.351 e. The highest BCUT2D eigenvalue weighted by molar-refractivity contribution is 7.17. The molecule has 7 nitrogen and oxygen atoms in total. The van der Waals surface area contributed by atoms with Crippen molar-refractivity contribution in [1.29, 1.82) is 0 Å². The molecule has 3 aromatic heterocycles. The van der Waals surface area contributed by atoms with E-state index in [2.05, 4.69) is 15.4 Å². The lowest BCUT2D eigenvalue weighted by Crippen LogP contribution is -2.28. The second kappa shape index (κ2) is 6.51. The van der Waals surface area contributed by atoms with Crippen LogP contribution in [-0.2, 0) is 6.54 Å². The lowest BCUT2D eigenvalue weighted by Gasteiger charge is -2.07. The molecule has 4 rings (SSSR count). The zero-order valence-electron chi connectivity index (χ0n) is 14.5. The Hall–Kier alpha value is -2.19. The lowest BCUT2D eigenvalue weighted by molar-refractivity contribution is 0.0949. The van der Waals surface area contributed by atoms with E-state index in [-0.39, 0.29) is 11.5 Å². The van der Waals surface area contributed by atoms with Crippen LogP contribution >= 0.6 is 22.9 Å². The van der Waals surface area contributed by atoms with Gasteiger partial charge >= 0.3 is 0 Å². The number of thiazole rings is 1. The van der Waals surface area contributed by atoms with Crippen molar-refractivity contribution in [2.24, 2.45) is 0 Å². The molecule has 1 fully saturated rings. The molecule has 0 aliphatic heterocycles. The molecule has 0 spiro atoms. The maximum atomic E-state index is 12.7. The first-order valence-corrected chi connectivity index (χ1v) is 9.71. The predicted molar refractivity (Wildman–Crippen MR) is 100 cm³/mol. The third kappa shape index (κ3) is 3.03. The van der Waals surface area contributed by atoms with Gasteiger partial charge in [-0.05, 0) is 32.8 Å². The van der Waals surface area contributed by atoms with Gasteiger partial charge in [-0.15, -0.1) is 11.3 Å². The second-order valence-corrected chi connectivity index (χ2v) is 7.96. The summed E-state index contributed by atoms with van der Waals surface area (Å²) >= 11 is 7.39. The number of hydrogen-bond acceptors (Lipinski definition) is 5. The molecule has 26 heavy (non-hydrogen) atoms. The van der Waals surface area contributed by atoms with Crippen molar-refractivity contribution in [1.82, 2.24) is 24.5 Å².